The number of rotatable bonds is 1. The van der Waals surface area contributed by atoms with Crippen LogP contribution in [0, 0.1) is 0 Å². The molecule has 3 rings (SSSR count). The zero-order valence-electron chi connectivity index (χ0n) is 9.83. The highest BCUT2D eigenvalue weighted by Gasteiger charge is 2.36. The first-order valence-corrected chi connectivity index (χ1v) is 6.95. The molecular formula is C12H19N3S. The summed E-state index contributed by atoms with van der Waals surface area (Å²) in [5.74, 6) is 0. The Bertz CT molecular complexity index is 379. The summed E-state index contributed by atoms with van der Waals surface area (Å²) in [5, 5.41) is 1.18. The van der Waals surface area contributed by atoms with E-state index in [0.717, 1.165) is 19.4 Å². The summed E-state index contributed by atoms with van der Waals surface area (Å²) in [6, 6.07) is 0. The second-order valence-electron chi connectivity index (χ2n) is 5.24. The fourth-order valence-corrected chi connectivity index (χ4v) is 4.15. The number of likely N-dealkylation sites (tertiary alicyclic amines) is 1. The van der Waals surface area contributed by atoms with Crippen molar-refractivity contribution in [3.05, 3.63) is 15.6 Å². The molecule has 0 bridgehead atoms. The number of hydrogen-bond donors (Lipinski definition) is 1. The second-order valence-corrected chi connectivity index (χ2v) is 6.32. The molecule has 1 saturated heterocycles. The maximum atomic E-state index is 6.54. The molecule has 3 nitrogen and oxygen atoms in total. The van der Waals surface area contributed by atoms with Gasteiger partial charge in [0.05, 0.1) is 11.2 Å². The Morgan fingerprint density at radius 3 is 3.00 bits per heavy atom. The number of thiazole rings is 1. The molecule has 1 atom stereocenters. The lowest BCUT2D eigenvalue weighted by Crippen LogP contribution is -2.50. The monoisotopic (exact) mass is 237 g/mol. The number of likely N-dealkylation sites (N-methyl/N-ethyl adjacent to an activating group) is 1. The van der Waals surface area contributed by atoms with Crippen LogP contribution in [0.2, 0.25) is 0 Å². The fourth-order valence-electron chi connectivity index (χ4n) is 2.88. The van der Waals surface area contributed by atoms with Gasteiger partial charge in [0.2, 0.25) is 0 Å². The Kier molecular flexibility index (Phi) is 2.53. The predicted molar refractivity (Wildman–Crippen MR) is 66.7 cm³/mol. The number of nitrogens with zero attached hydrogens (tertiary/aromatic N) is 2. The van der Waals surface area contributed by atoms with Crippen LogP contribution in [-0.4, -0.2) is 30.0 Å². The lowest BCUT2D eigenvalue weighted by atomic mass is 9.91. The Labute approximate surface area is 101 Å². The van der Waals surface area contributed by atoms with Gasteiger partial charge in [0.15, 0.2) is 0 Å². The third-order valence-corrected chi connectivity index (χ3v) is 5.11. The highest BCUT2D eigenvalue weighted by atomic mass is 32.1. The highest BCUT2D eigenvalue weighted by Crippen LogP contribution is 2.36. The molecule has 0 spiro atoms. The van der Waals surface area contributed by atoms with Gasteiger partial charge in [0.1, 0.15) is 5.01 Å². The largest absolute Gasteiger partial charge is 0.318 e. The molecule has 0 radical (unpaired) electrons. The molecule has 2 aliphatic rings. The molecule has 0 aromatic carbocycles. The molecule has 1 aliphatic carbocycles. The average molecular weight is 237 g/mol. The summed E-state index contributed by atoms with van der Waals surface area (Å²) in [4.78, 5) is 8.61. The van der Waals surface area contributed by atoms with Gasteiger partial charge >= 0.3 is 0 Å². The Morgan fingerprint density at radius 1 is 1.38 bits per heavy atom. The van der Waals surface area contributed by atoms with Crippen molar-refractivity contribution in [1.82, 2.24) is 9.88 Å². The van der Waals surface area contributed by atoms with Gasteiger partial charge in [-0.25, -0.2) is 4.98 Å². The predicted octanol–water partition coefficient (Wildman–Crippen LogP) is 1.51. The molecule has 0 saturated carbocycles. The molecule has 2 heterocycles. The van der Waals surface area contributed by atoms with Crippen molar-refractivity contribution in [1.29, 1.82) is 0 Å². The number of aryl methyl sites for hydroxylation is 2. The SMILES string of the molecule is CN1CCCC(N)(c2nc3c(s2)CCC3)C1. The smallest absolute Gasteiger partial charge is 0.114 e. The first-order valence-electron chi connectivity index (χ1n) is 6.14. The first-order chi connectivity index (χ1) is 7.67. The van der Waals surface area contributed by atoms with Crippen LogP contribution in [0.3, 0.4) is 0 Å². The quantitative estimate of drug-likeness (QED) is 0.805. The van der Waals surface area contributed by atoms with E-state index in [0.29, 0.717) is 0 Å². The Balaban J connectivity index is 1.89. The number of piperidine rings is 1. The molecule has 4 heteroatoms. The van der Waals surface area contributed by atoms with Crippen LogP contribution in [0.4, 0.5) is 0 Å². The van der Waals surface area contributed by atoms with Crippen LogP contribution in [-0.2, 0) is 18.4 Å². The topological polar surface area (TPSA) is 42.1 Å². The van der Waals surface area contributed by atoms with E-state index < -0.39 is 0 Å². The second kappa shape index (κ2) is 3.79. The maximum absolute atomic E-state index is 6.54. The van der Waals surface area contributed by atoms with Crippen molar-refractivity contribution < 1.29 is 0 Å². The van der Waals surface area contributed by atoms with Gasteiger partial charge in [-0.3, -0.25) is 0 Å². The molecule has 88 valence electrons. The molecule has 0 amide bonds. The van der Waals surface area contributed by atoms with Gasteiger partial charge in [0, 0.05) is 11.4 Å². The van der Waals surface area contributed by atoms with Crippen LogP contribution >= 0.6 is 11.3 Å². The average Bonchev–Trinajstić information content (AvgIpc) is 2.75. The molecule has 1 unspecified atom stereocenters. The molecule has 1 aliphatic heterocycles. The van der Waals surface area contributed by atoms with Crippen molar-refractivity contribution in [2.24, 2.45) is 5.73 Å². The van der Waals surface area contributed by atoms with Gasteiger partial charge in [0.25, 0.3) is 0 Å². The van der Waals surface area contributed by atoms with Crippen LogP contribution in [0.5, 0.6) is 0 Å². The third-order valence-electron chi connectivity index (χ3n) is 3.74. The number of fused-ring (bicyclic) bond motifs is 1. The molecule has 1 aromatic rings. The fraction of sp³-hybridized carbons (Fsp3) is 0.750. The van der Waals surface area contributed by atoms with Crippen molar-refractivity contribution in [2.75, 3.05) is 20.1 Å². The Hall–Kier alpha value is -0.450. The van der Waals surface area contributed by atoms with E-state index >= 15 is 0 Å². The minimum atomic E-state index is -0.179. The first kappa shape index (κ1) is 10.7. The van der Waals surface area contributed by atoms with E-state index in [9.17, 15) is 0 Å². The van der Waals surface area contributed by atoms with E-state index in [2.05, 4.69) is 11.9 Å². The third kappa shape index (κ3) is 1.69. The van der Waals surface area contributed by atoms with Crippen LogP contribution in [0.25, 0.3) is 0 Å². The van der Waals surface area contributed by atoms with Crippen LogP contribution < -0.4 is 5.73 Å². The number of hydrogen-bond acceptors (Lipinski definition) is 4. The lowest BCUT2D eigenvalue weighted by Gasteiger charge is -2.37. The minimum absolute atomic E-state index is 0.179. The Morgan fingerprint density at radius 2 is 2.25 bits per heavy atom. The molecular weight excluding hydrogens is 218 g/mol. The maximum Gasteiger partial charge on any atom is 0.114 e. The summed E-state index contributed by atoms with van der Waals surface area (Å²) in [5.41, 5.74) is 7.69. The van der Waals surface area contributed by atoms with Crippen molar-refractivity contribution in [3.63, 3.8) is 0 Å². The van der Waals surface area contributed by atoms with Crippen LogP contribution in [0.15, 0.2) is 0 Å². The summed E-state index contributed by atoms with van der Waals surface area (Å²) < 4.78 is 0. The van der Waals surface area contributed by atoms with Gasteiger partial charge in [-0.15, -0.1) is 11.3 Å². The van der Waals surface area contributed by atoms with Gasteiger partial charge in [-0.2, -0.15) is 0 Å². The van der Waals surface area contributed by atoms with E-state index in [4.69, 9.17) is 10.7 Å². The van der Waals surface area contributed by atoms with E-state index in [-0.39, 0.29) is 5.54 Å². The van der Waals surface area contributed by atoms with Gasteiger partial charge in [-0.05, 0) is 45.7 Å². The number of aromatic nitrogens is 1. The number of nitrogens with two attached hydrogens (primary N) is 1. The standard InChI is InChI=1S/C12H19N3S/c1-15-7-3-6-12(13,8-15)11-14-9-4-2-5-10(9)16-11/h2-8,13H2,1H3. The van der Waals surface area contributed by atoms with Crippen molar-refractivity contribution >= 4 is 11.3 Å². The summed E-state index contributed by atoms with van der Waals surface area (Å²) in [6.07, 6.45) is 5.95. The minimum Gasteiger partial charge on any atom is -0.318 e. The highest BCUT2D eigenvalue weighted by molar-refractivity contribution is 7.12. The lowest BCUT2D eigenvalue weighted by molar-refractivity contribution is 0.179. The van der Waals surface area contributed by atoms with Gasteiger partial charge < -0.3 is 10.6 Å². The zero-order valence-corrected chi connectivity index (χ0v) is 10.6. The zero-order chi connectivity index (χ0) is 11.2. The molecule has 16 heavy (non-hydrogen) atoms. The molecule has 2 N–H and O–H groups in total. The van der Waals surface area contributed by atoms with E-state index in [1.165, 1.54) is 41.4 Å². The van der Waals surface area contributed by atoms with Gasteiger partial charge in [-0.1, -0.05) is 0 Å². The van der Waals surface area contributed by atoms with Crippen LogP contribution in [0.1, 0.15) is 34.8 Å². The normalized spacial score (nSPS) is 30.6. The summed E-state index contributed by atoms with van der Waals surface area (Å²) in [6.45, 7) is 2.13. The van der Waals surface area contributed by atoms with Crippen molar-refractivity contribution in [2.45, 2.75) is 37.6 Å². The molecule has 1 aromatic heterocycles. The van der Waals surface area contributed by atoms with E-state index in [1.54, 1.807) is 0 Å². The van der Waals surface area contributed by atoms with Crippen molar-refractivity contribution in [3.8, 4) is 0 Å². The molecule has 1 fully saturated rings. The summed E-state index contributed by atoms with van der Waals surface area (Å²) in [7, 11) is 2.15. The summed E-state index contributed by atoms with van der Waals surface area (Å²) >= 11 is 1.87. The van der Waals surface area contributed by atoms with E-state index in [1.807, 2.05) is 11.3 Å².